The van der Waals surface area contributed by atoms with E-state index >= 15 is 8.90 Å². The predicted molar refractivity (Wildman–Crippen MR) is 229 cm³/mol. The Hall–Kier alpha value is -5.47. The maximum Gasteiger partial charge on any atom is 0.266 e. The summed E-state index contributed by atoms with van der Waals surface area (Å²) >= 11 is 3.64. The largest absolute Gasteiger partial charge is 0.454 e. The van der Waals surface area contributed by atoms with Crippen LogP contribution >= 0.6 is 15.9 Å². The number of carbonyl (C=O) groups excluding carboxylic acids is 2. The summed E-state index contributed by atoms with van der Waals surface area (Å²) in [5.41, 5.74) is 3.70. The van der Waals surface area contributed by atoms with Crippen molar-refractivity contribution in [1.82, 2.24) is 15.0 Å². The van der Waals surface area contributed by atoms with Crippen molar-refractivity contribution < 1.29 is 28.3 Å². The molecule has 5 aromatic carbocycles. The number of nitrogens with zero attached hydrogens (tertiary/aromatic N) is 5. The van der Waals surface area contributed by atoms with Crippen molar-refractivity contribution in [2.24, 2.45) is 5.92 Å². The highest BCUT2D eigenvalue weighted by Crippen LogP contribution is 2.60. The average molecular weight is 873 g/mol. The molecule has 1 N–H and O–H groups in total. The fraction of sp³-hybridized carbons (Fsp3) is 0.261. The summed E-state index contributed by atoms with van der Waals surface area (Å²) in [6, 6.07) is 37.7. The smallest absolute Gasteiger partial charge is 0.266 e. The molecule has 1 unspecified atom stereocenters. The lowest BCUT2D eigenvalue weighted by Crippen LogP contribution is -2.45. The zero-order valence-electron chi connectivity index (χ0n) is 32.8. The highest BCUT2D eigenvalue weighted by Gasteiger charge is 2.66. The van der Waals surface area contributed by atoms with Gasteiger partial charge in [-0.3, -0.25) is 19.2 Å². The molecule has 3 aliphatic heterocycles. The van der Waals surface area contributed by atoms with E-state index in [1.807, 2.05) is 122 Å². The van der Waals surface area contributed by atoms with E-state index in [-0.39, 0.29) is 30.9 Å². The molecule has 1 spiro atoms. The molecular formula is C46H43BrFN5O5Si. The van der Waals surface area contributed by atoms with Crippen LogP contribution in [0.2, 0.25) is 18.6 Å². The van der Waals surface area contributed by atoms with Crippen LogP contribution in [-0.4, -0.2) is 53.0 Å². The minimum Gasteiger partial charge on any atom is -0.454 e. The maximum atomic E-state index is 16.6. The lowest BCUT2D eigenvalue weighted by molar-refractivity contribution is -0.146. The Morgan fingerprint density at radius 2 is 1.61 bits per heavy atom. The fourth-order valence-electron chi connectivity index (χ4n) is 9.34. The first-order valence-corrected chi connectivity index (χ1v) is 23.6. The molecule has 13 heteroatoms. The van der Waals surface area contributed by atoms with E-state index < -0.39 is 31.6 Å². The number of hydrogen-bond acceptors (Lipinski definition) is 7. The lowest BCUT2D eigenvalue weighted by atomic mass is 9.82. The zero-order valence-corrected chi connectivity index (χ0v) is 35.4. The fourth-order valence-corrected chi connectivity index (χ4v) is 12.2. The van der Waals surface area contributed by atoms with Crippen LogP contribution in [0, 0.1) is 5.92 Å². The van der Waals surface area contributed by atoms with Crippen molar-refractivity contribution in [2.45, 2.75) is 62.7 Å². The zero-order chi connectivity index (χ0) is 41.1. The molecule has 1 aromatic heterocycles. The third kappa shape index (κ3) is 6.79. The molecule has 3 aliphatic rings. The van der Waals surface area contributed by atoms with Crippen molar-refractivity contribution in [1.29, 1.82) is 0 Å². The quantitative estimate of drug-likeness (QED) is 0.108. The van der Waals surface area contributed by atoms with E-state index in [1.54, 1.807) is 39.7 Å². The van der Waals surface area contributed by atoms with Gasteiger partial charge in [0.2, 0.25) is 8.41 Å². The Kier molecular flexibility index (Phi) is 10.1. The van der Waals surface area contributed by atoms with Crippen LogP contribution in [0.5, 0.6) is 11.5 Å². The number of amides is 2. The summed E-state index contributed by atoms with van der Waals surface area (Å²) in [6.45, 7) is 5.86. The van der Waals surface area contributed by atoms with E-state index in [1.165, 1.54) is 0 Å². The van der Waals surface area contributed by atoms with Gasteiger partial charge in [-0.1, -0.05) is 94.8 Å². The van der Waals surface area contributed by atoms with Gasteiger partial charge in [0, 0.05) is 39.9 Å². The summed E-state index contributed by atoms with van der Waals surface area (Å²) in [5, 5.41) is 19.0. The molecule has 2 amide bonds. The van der Waals surface area contributed by atoms with Gasteiger partial charge in [-0.15, -0.1) is 5.10 Å². The topological polar surface area (TPSA) is 110 Å². The number of hydrogen-bond donors (Lipinski definition) is 1. The number of aryl methyl sites for hydroxylation is 1. The second-order valence-corrected chi connectivity index (χ2v) is 20.7. The van der Waals surface area contributed by atoms with Crippen LogP contribution in [0.1, 0.15) is 52.0 Å². The first kappa shape index (κ1) is 39.0. The number of aliphatic hydroxyl groups excluding tert-OH is 1. The van der Waals surface area contributed by atoms with Crippen molar-refractivity contribution in [3.63, 3.8) is 0 Å². The van der Waals surface area contributed by atoms with Crippen LogP contribution in [0.4, 0.5) is 21.2 Å². The predicted octanol–water partition coefficient (Wildman–Crippen LogP) is 9.66. The van der Waals surface area contributed by atoms with E-state index in [0.717, 1.165) is 15.6 Å². The summed E-state index contributed by atoms with van der Waals surface area (Å²) in [5.74, 6) is -0.169. The van der Waals surface area contributed by atoms with Gasteiger partial charge in [0.05, 0.1) is 47.8 Å². The van der Waals surface area contributed by atoms with E-state index in [0.29, 0.717) is 58.3 Å². The molecular weight excluding hydrogens is 830 g/mol. The first-order valence-electron chi connectivity index (χ1n) is 19.8. The minimum atomic E-state index is -3.41. The Labute approximate surface area is 351 Å². The molecule has 5 atom stereocenters. The summed E-state index contributed by atoms with van der Waals surface area (Å²) < 4.78 is 32.3. The number of rotatable bonds is 10. The molecule has 9 rings (SSSR count). The number of benzene rings is 5. The Bertz CT molecular complexity index is 2550. The van der Waals surface area contributed by atoms with Crippen LogP contribution in [0.25, 0.3) is 0 Å². The first-order chi connectivity index (χ1) is 28.5. The Morgan fingerprint density at radius 3 is 2.36 bits per heavy atom. The summed E-state index contributed by atoms with van der Waals surface area (Å²) in [7, 11) is -3.41. The highest BCUT2D eigenvalue weighted by molar-refractivity contribution is 9.10. The lowest BCUT2D eigenvalue weighted by Gasteiger charge is -2.31. The van der Waals surface area contributed by atoms with Gasteiger partial charge >= 0.3 is 0 Å². The molecule has 6 aromatic rings. The summed E-state index contributed by atoms with van der Waals surface area (Å²) in [6.07, 6.45) is 1.68. The number of aromatic nitrogens is 3. The van der Waals surface area contributed by atoms with Gasteiger partial charge in [-0.25, -0.2) is 0 Å². The minimum absolute atomic E-state index is 0.118. The van der Waals surface area contributed by atoms with Crippen LogP contribution in [0.15, 0.2) is 132 Å². The van der Waals surface area contributed by atoms with Gasteiger partial charge < -0.3 is 23.6 Å². The number of anilines is 3. The van der Waals surface area contributed by atoms with Crippen LogP contribution in [-0.2, 0) is 28.2 Å². The third-order valence-corrected chi connectivity index (χ3v) is 15.0. The second kappa shape index (κ2) is 15.3. The normalized spacial score (nSPS) is 21.6. The van der Waals surface area contributed by atoms with Gasteiger partial charge in [-0.05, 0) is 85.2 Å². The van der Waals surface area contributed by atoms with Crippen LogP contribution < -0.4 is 14.5 Å². The van der Waals surface area contributed by atoms with Gasteiger partial charge in [0.25, 0.3) is 11.8 Å². The monoisotopic (exact) mass is 871 g/mol. The number of halogens is 2. The number of aliphatic hydroxyl groups is 1. The van der Waals surface area contributed by atoms with Gasteiger partial charge in [-0.2, -0.15) is 0 Å². The number of carbonyl (C=O) groups is 2. The Balaban J connectivity index is 0.993. The SMILES string of the molecule is C[C@H]1[C@H]([Si](C)(C)F)[C@@H](CCn2cc(C(CO)c3ccccc3)nn2)O[C@]12C(=O)N(Cc1ccc(N3C(=O)c4ccccc4Oc4ccccc43)cc1)c1ccc(Br)cc12. The Morgan fingerprint density at radius 1 is 0.898 bits per heavy atom. The van der Waals surface area contributed by atoms with E-state index in [9.17, 15) is 9.90 Å². The van der Waals surface area contributed by atoms with Crippen molar-refractivity contribution in [3.8, 4) is 11.5 Å². The number of ether oxygens (including phenoxy) is 2. The van der Waals surface area contributed by atoms with Crippen LogP contribution in [0.3, 0.4) is 0 Å². The molecule has 1 saturated heterocycles. The van der Waals surface area contributed by atoms with Crippen molar-refractivity contribution in [2.75, 3.05) is 16.4 Å². The molecule has 0 radical (unpaired) electrons. The van der Waals surface area contributed by atoms with E-state index in [4.69, 9.17) is 9.47 Å². The average Bonchev–Trinajstić information content (AvgIpc) is 3.86. The van der Waals surface area contributed by atoms with E-state index in [2.05, 4.69) is 26.2 Å². The number of para-hydroxylation sites is 3. The third-order valence-electron chi connectivity index (χ3n) is 12.0. The molecule has 10 nitrogen and oxygen atoms in total. The molecule has 4 heterocycles. The maximum absolute atomic E-state index is 16.6. The van der Waals surface area contributed by atoms with Gasteiger partial charge in [0.1, 0.15) is 5.75 Å². The highest BCUT2D eigenvalue weighted by atomic mass is 79.9. The number of fused-ring (bicyclic) bond motifs is 4. The van der Waals surface area contributed by atoms with Gasteiger partial charge in [0.15, 0.2) is 11.4 Å². The molecule has 0 saturated carbocycles. The molecule has 1 fully saturated rings. The summed E-state index contributed by atoms with van der Waals surface area (Å²) in [4.78, 5) is 32.5. The molecule has 0 aliphatic carbocycles. The van der Waals surface area contributed by atoms with Crippen molar-refractivity contribution >= 4 is 53.2 Å². The molecule has 300 valence electrons. The standard InChI is InChI=1S/C46H43BrFN5O5Si/c1-29-43(59(2,3)48)42(23-24-51-27-37(49-50-51)35(28-54)31-11-5-4-6-12-31)58-46(29)36-25-32(47)19-22-38(36)52(45(46)56)26-30-17-20-33(21-18-30)53-39-14-8-10-16-41(39)57-40-15-9-7-13-34(40)44(53)55/h4-22,25,27,29,35,42-43,54H,23-24,26,28H2,1-3H3/t29-,35?,42+,43-,46+/m0/s1. The molecule has 0 bridgehead atoms. The van der Waals surface area contributed by atoms with Crippen molar-refractivity contribution in [3.05, 3.63) is 160 Å². The second-order valence-electron chi connectivity index (χ2n) is 16.0. The molecule has 59 heavy (non-hydrogen) atoms.